The van der Waals surface area contributed by atoms with Crippen molar-refractivity contribution in [1.29, 1.82) is 0 Å². The Morgan fingerprint density at radius 3 is 2.32 bits per heavy atom. The van der Waals surface area contributed by atoms with Gasteiger partial charge in [0.05, 0.1) is 0 Å². The summed E-state index contributed by atoms with van der Waals surface area (Å²) >= 11 is 0. The molecule has 0 aliphatic carbocycles. The van der Waals surface area contributed by atoms with E-state index >= 15 is 0 Å². The predicted molar refractivity (Wildman–Crippen MR) is 109 cm³/mol. The van der Waals surface area contributed by atoms with Crippen LogP contribution in [0.5, 0.6) is 0 Å². The molecule has 0 atom stereocenters. The first kappa shape index (κ1) is 21.9. The SMILES string of the molecule is C=CN(CCNCCC[Si](CC)(OCC)OCC)Cc1ccccc1. The highest BCUT2D eigenvalue weighted by Gasteiger charge is 2.34. The quantitative estimate of drug-likeness (QED) is 0.374. The summed E-state index contributed by atoms with van der Waals surface area (Å²) in [6, 6.07) is 12.6. The van der Waals surface area contributed by atoms with E-state index in [2.05, 4.69) is 61.8 Å². The number of nitrogens with zero attached hydrogens (tertiary/aromatic N) is 1. The fourth-order valence-corrected chi connectivity index (χ4v) is 5.88. The molecular formula is C20H36N2O2Si. The van der Waals surface area contributed by atoms with Gasteiger partial charge in [0, 0.05) is 32.8 Å². The molecule has 0 fully saturated rings. The van der Waals surface area contributed by atoms with Gasteiger partial charge in [0.15, 0.2) is 0 Å². The Kier molecular flexibility index (Phi) is 11.5. The first-order valence-electron chi connectivity index (χ1n) is 9.58. The summed E-state index contributed by atoms with van der Waals surface area (Å²) in [5.41, 5.74) is 1.31. The molecule has 5 heteroatoms. The third kappa shape index (κ3) is 8.67. The van der Waals surface area contributed by atoms with E-state index in [1.54, 1.807) is 0 Å². The van der Waals surface area contributed by atoms with Crippen molar-refractivity contribution < 1.29 is 8.85 Å². The van der Waals surface area contributed by atoms with Crippen molar-refractivity contribution in [3.8, 4) is 0 Å². The molecule has 0 aliphatic rings. The Hall–Kier alpha value is -1.14. The third-order valence-electron chi connectivity index (χ3n) is 4.33. The first-order valence-corrected chi connectivity index (χ1v) is 11.8. The Bertz CT molecular complexity index is 450. The monoisotopic (exact) mass is 364 g/mol. The minimum atomic E-state index is -1.98. The van der Waals surface area contributed by atoms with Gasteiger partial charge >= 0.3 is 8.56 Å². The second kappa shape index (κ2) is 13.1. The molecule has 0 radical (unpaired) electrons. The molecule has 0 heterocycles. The van der Waals surface area contributed by atoms with Crippen molar-refractivity contribution in [3.63, 3.8) is 0 Å². The van der Waals surface area contributed by atoms with Crippen LogP contribution >= 0.6 is 0 Å². The predicted octanol–water partition coefficient (Wildman–Crippen LogP) is 4.15. The summed E-state index contributed by atoms with van der Waals surface area (Å²) in [4.78, 5) is 2.24. The average Bonchev–Trinajstić information content (AvgIpc) is 2.64. The lowest BCUT2D eigenvalue weighted by atomic mass is 10.2. The zero-order valence-electron chi connectivity index (χ0n) is 16.3. The summed E-state index contributed by atoms with van der Waals surface area (Å²) < 4.78 is 12.0. The first-order chi connectivity index (χ1) is 12.2. The highest BCUT2D eigenvalue weighted by Crippen LogP contribution is 2.20. The van der Waals surface area contributed by atoms with Crippen LogP contribution in [-0.2, 0) is 15.4 Å². The normalized spacial score (nSPS) is 11.5. The summed E-state index contributed by atoms with van der Waals surface area (Å²) in [6.07, 6.45) is 3.03. The van der Waals surface area contributed by atoms with E-state index in [9.17, 15) is 0 Å². The van der Waals surface area contributed by atoms with Gasteiger partial charge in [-0.15, -0.1) is 0 Å². The fraction of sp³-hybridized carbons (Fsp3) is 0.600. The lowest BCUT2D eigenvalue weighted by molar-refractivity contribution is 0.182. The van der Waals surface area contributed by atoms with Gasteiger partial charge in [0.1, 0.15) is 0 Å². The molecule has 4 nitrogen and oxygen atoms in total. The molecule has 0 aromatic heterocycles. The van der Waals surface area contributed by atoms with Gasteiger partial charge in [0.25, 0.3) is 0 Å². The van der Waals surface area contributed by atoms with E-state index in [1.807, 2.05) is 12.3 Å². The second-order valence-corrected chi connectivity index (χ2v) is 9.73. The van der Waals surface area contributed by atoms with Crippen LogP contribution in [0.25, 0.3) is 0 Å². The summed E-state index contributed by atoms with van der Waals surface area (Å²) in [7, 11) is -1.98. The van der Waals surface area contributed by atoms with Crippen LogP contribution in [0, 0.1) is 0 Å². The molecule has 25 heavy (non-hydrogen) atoms. The van der Waals surface area contributed by atoms with E-state index in [-0.39, 0.29) is 0 Å². The standard InChI is InChI=1S/C20H36N2O2Si/c1-5-22(19-20-13-10-9-11-14-20)17-16-21-15-12-18-25(8-4,23-6-2)24-7-3/h5,9-11,13-14,21H,1,6-8,12,15-19H2,2-4H3. The zero-order chi connectivity index (χ0) is 18.4. The number of rotatable bonds is 15. The molecule has 0 saturated carbocycles. The van der Waals surface area contributed by atoms with Crippen LogP contribution in [0.2, 0.25) is 12.1 Å². The molecule has 1 N–H and O–H groups in total. The van der Waals surface area contributed by atoms with Gasteiger partial charge in [-0.25, -0.2) is 0 Å². The number of hydrogen-bond donors (Lipinski definition) is 1. The highest BCUT2D eigenvalue weighted by atomic mass is 28.4. The van der Waals surface area contributed by atoms with Crippen molar-refractivity contribution in [3.05, 3.63) is 48.7 Å². The van der Waals surface area contributed by atoms with Crippen LogP contribution in [0.15, 0.2) is 43.1 Å². The van der Waals surface area contributed by atoms with E-state index < -0.39 is 8.56 Å². The van der Waals surface area contributed by atoms with Crippen LogP contribution in [0.4, 0.5) is 0 Å². The summed E-state index contributed by atoms with van der Waals surface area (Å²) in [6.45, 7) is 15.6. The van der Waals surface area contributed by atoms with Gasteiger partial charge in [-0.2, -0.15) is 0 Å². The van der Waals surface area contributed by atoms with Gasteiger partial charge in [0.2, 0.25) is 0 Å². The van der Waals surface area contributed by atoms with Crippen LogP contribution in [0.1, 0.15) is 32.8 Å². The van der Waals surface area contributed by atoms with E-state index in [0.717, 1.165) is 57.9 Å². The largest absolute Gasteiger partial charge is 0.394 e. The van der Waals surface area contributed by atoms with Gasteiger partial charge < -0.3 is 19.1 Å². The Balaban J connectivity index is 2.24. The van der Waals surface area contributed by atoms with Crippen molar-refractivity contribution in [2.75, 3.05) is 32.8 Å². The van der Waals surface area contributed by atoms with Gasteiger partial charge in [-0.05, 0) is 50.7 Å². The smallest absolute Gasteiger partial charge is 0.337 e. The van der Waals surface area contributed by atoms with Crippen molar-refractivity contribution in [2.45, 2.75) is 45.8 Å². The molecule has 1 aromatic carbocycles. The van der Waals surface area contributed by atoms with Crippen molar-refractivity contribution >= 4 is 8.56 Å². The van der Waals surface area contributed by atoms with E-state index in [0.29, 0.717) is 0 Å². The molecular weight excluding hydrogens is 328 g/mol. The second-order valence-electron chi connectivity index (χ2n) is 6.12. The molecule has 0 aliphatic heterocycles. The van der Waals surface area contributed by atoms with Crippen LogP contribution < -0.4 is 5.32 Å². The van der Waals surface area contributed by atoms with Crippen molar-refractivity contribution in [1.82, 2.24) is 10.2 Å². The highest BCUT2D eigenvalue weighted by molar-refractivity contribution is 6.67. The molecule has 0 unspecified atom stereocenters. The lowest BCUT2D eigenvalue weighted by Gasteiger charge is -2.29. The molecule has 0 bridgehead atoms. The molecule has 0 amide bonds. The molecule has 1 rings (SSSR count). The Morgan fingerprint density at radius 1 is 1.08 bits per heavy atom. The lowest BCUT2D eigenvalue weighted by Crippen LogP contribution is -2.42. The van der Waals surface area contributed by atoms with Gasteiger partial charge in [-0.1, -0.05) is 43.8 Å². The maximum absolute atomic E-state index is 6.02. The molecule has 0 saturated heterocycles. The van der Waals surface area contributed by atoms with E-state index in [1.165, 1.54) is 5.56 Å². The van der Waals surface area contributed by atoms with Crippen LogP contribution in [0.3, 0.4) is 0 Å². The molecule has 0 spiro atoms. The number of hydrogen-bond acceptors (Lipinski definition) is 4. The van der Waals surface area contributed by atoms with Crippen LogP contribution in [-0.4, -0.2) is 46.3 Å². The molecule has 1 aromatic rings. The average molecular weight is 365 g/mol. The third-order valence-corrected chi connectivity index (χ3v) is 8.15. The minimum absolute atomic E-state index is 0.751. The van der Waals surface area contributed by atoms with E-state index in [4.69, 9.17) is 8.85 Å². The van der Waals surface area contributed by atoms with Crippen molar-refractivity contribution in [2.24, 2.45) is 0 Å². The maximum atomic E-state index is 6.02. The zero-order valence-corrected chi connectivity index (χ0v) is 17.3. The summed E-state index contributed by atoms with van der Waals surface area (Å²) in [5.74, 6) is 0. The topological polar surface area (TPSA) is 33.7 Å². The Morgan fingerprint density at radius 2 is 1.76 bits per heavy atom. The fourth-order valence-electron chi connectivity index (χ4n) is 2.98. The number of benzene rings is 1. The maximum Gasteiger partial charge on any atom is 0.337 e. The Labute approximate surface area is 155 Å². The number of nitrogens with one attached hydrogen (secondary N) is 1. The minimum Gasteiger partial charge on any atom is -0.394 e. The molecule has 142 valence electrons. The summed E-state index contributed by atoms with van der Waals surface area (Å²) in [5, 5.41) is 3.54. The van der Waals surface area contributed by atoms with Gasteiger partial charge in [-0.3, -0.25) is 0 Å².